The van der Waals surface area contributed by atoms with Gasteiger partial charge in [-0.1, -0.05) is 6.07 Å². The third-order valence-electron chi connectivity index (χ3n) is 5.10. The van der Waals surface area contributed by atoms with Crippen LogP contribution in [0.5, 0.6) is 5.75 Å². The zero-order valence-electron chi connectivity index (χ0n) is 15.5. The van der Waals surface area contributed by atoms with Crippen molar-refractivity contribution in [1.29, 1.82) is 0 Å². The number of fused-ring (bicyclic) bond motifs is 1. The molecule has 0 atom stereocenters. The van der Waals surface area contributed by atoms with Crippen LogP contribution in [0.3, 0.4) is 0 Å². The molecule has 2 aliphatic heterocycles. The van der Waals surface area contributed by atoms with Crippen molar-refractivity contribution >= 4 is 43.4 Å². The molecule has 0 bridgehead atoms. The van der Waals surface area contributed by atoms with Gasteiger partial charge in [-0.2, -0.15) is 0 Å². The van der Waals surface area contributed by atoms with E-state index < -0.39 is 0 Å². The number of piperidine rings is 1. The van der Waals surface area contributed by atoms with Gasteiger partial charge < -0.3 is 0 Å². The fourth-order valence-electron chi connectivity index (χ4n) is 3.50. The second-order valence-electron chi connectivity index (χ2n) is 6.89. The molecule has 1 amide bonds. The van der Waals surface area contributed by atoms with Crippen molar-refractivity contribution in [2.24, 2.45) is 14.4 Å². The van der Waals surface area contributed by atoms with Crippen LogP contribution in [0.2, 0.25) is 0 Å². The summed E-state index contributed by atoms with van der Waals surface area (Å²) in [5.74, 6) is 6.58. The third kappa shape index (κ3) is 5.08. The molecule has 7 nitrogen and oxygen atoms in total. The summed E-state index contributed by atoms with van der Waals surface area (Å²) in [5, 5.41) is 1.24. The Kier molecular flexibility index (Phi) is 7.25. The molecule has 2 heterocycles. The molecule has 1 fully saturated rings. The summed E-state index contributed by atoms with van der Waals surface area (Å²) in [6.45, 7) is 3.62. The molecule has 2 aliphatic rings. The number of unbranched alkanes of at least 4 members (excludes halogenated alkanes) is 1. The molecule has 3 radical (unpaired) electrons. The first-order chi connectivity index (χ1) is 13.1. The van der Waals surface area contributed by atoms with Crippen molar-refractivity contribution in [3.8, 4) is 5.75 Å². The Balaban J connectivity index is 1.42. The van der Waals surface area contributed by atoms with E-state index in [1.165, 1.54) is 16.3 Å². The number of amides is 1. The average molecular weight is 564 g/mol. The quantitative estimate of drug-likeness (QED) is 0.234. The van der Waals surface area contributed by atoms with E-state index in [2.05, 4.69) is 7.70 Å². The van der Waals surface area contributed by atoms with Crippen molar-refractivity contribution in [2.75, 3.05) is 31.3 Å². The van der Waals surface area contributed by atoms with E-state index in [-0.39, 0.29) is 5.91 Å². The van der Waals surface area contributed by atoms with Gasteiger partial charge in [-0.05, 0) is 12.0 Å². The van der Waals surface area contributed by atoms with Gasteiger partial charge in [0.15, 0.2) is 0 Å². The number of carbonyl (C=O) groups is 1. The Hall–Kier alpha value is -1.46. The number of hydrogen-bond acceptors (Lipinski definition) is 6. The van der Waals surface area contributed by atoms with E-state index in [9.17, 15) is 4.79 Å². The third-order valence-corrected chi connectivity index (χ3v) is 6.15. The SMILES string of the molecule is N/C=C1/CN(CCCCOc2ccc3c(c2)N(N)C(=O)CC3)CC/C1=[N]\[Pb]. The number of rotatable bonds is 6. The fourth-order valence-corrected chi connectivity index (χ4v) is 4.49. The number of hydrazine groups is 1. The number of carbonyl (C=O) groups excluding carboxylic acids is 1. The molecule has 0 aromatic heterocycles. The number of anilines is 1. The Morgan fingerprint density at radius 1 is 1.26 bits per heavy atom. The molecular formula is C19H26N5O2Pb. The van der Waals surface area contributed by atoms with Gasteiger partial charge in [0.05, 0.1) is 5.69 Å². The minimum atomic E-state index is -0.0503. The maximum absolute atomic E-state index is 11.7. The molecule has 4 N–H and O–H groups in total. The number of benzene rings is 1. The predicted octanol–water partition coefficient (Wildman–Crippen LogP) is 1.07. The van der Waals surface area contributed by atoms with Crippen LogP contribution >= 0.6 is 0 Å². The number of likely N-dealkylation sites (tertiary alicyclic amines) is 1. The van der Waals surface area contributed by atoms with Gasteiger partial charge in [-0.25, -0.2) is 10.9 Å². The number of nitrogens with zero attached hydrogens (tertiary/aromatic N) is 3. The average Bonchev–Trinajstić information content (AvgIpc) is 2.70. The molecule has 3 rings (SSSR count). The number of ether oxygens (including phenoxy) is 1. The van der Waals surface area contributed by atoms with E-state index >= 15 is 0 Å². The van der Waals surface area contributed by atoms with Crippen molar-refractivity contribution in [1.82, 2.24) is 4.90 Å². The zero-order valence-corrected chi connectivity index (χ0v) is 19.4. The maximum atomic E-state index is 11.7. The molecule has 0 saturated carbocycles. The van der Waals surface area contributed by atoms with Gasteiger partial charge in [-0.3, -0.25) is 4.79 Å². The van der Waals surface area contributed by atoms with E-state index in [0.717, 1.165) is 88.4 Å². The van der Waals surface area contributed by atoms with Crippen LogP contribution in [0.1, 0.15) is 31.2 Å². The molecule has 0 spiro atoms. The van der Waals surface area contributed by atoms with E-state index in [1.807, 2.05) is 18.2 Å². The van der Waals surface area contributed by atoms with Gasteiger partial charge in [0.25, 0.3) is 0 Å². The number of hydrogen-bond donors (Lipinski definition) is 2. The normalized spacial score (nSPS) is 21.0. The van der Waals surface area contributed by atoms with Gasteiger partial charge in [0.2, 0.25) is 5.91 Å². The topological polar surface area (TPSA) is 97.2 Å². The molecule has 143 valence electrons. The van der Waals surface area contributed by atoms with Crippen LogP contribution in [-0.2, 0) is 11.2 Å². The number of aryl methyl sites for hydroxylation is 1. The Morgan fingerprint density at radius 3 is 2.89 bits per heavy atom. The summed E-state index contributed by atoms with van der Waals surface area (Å²) in [7, 11) is 0. The summed E-state index contributed by atoms with van der Waals surface area (Å²) < 4.78 is 10.3. The monoisotopic (exact) mass is 564 g/mol. The predicted molar refractivity (Wildman–Crippen MR) is 108 cm³/mol. The van der Waals surface area contributed by atoms with Crippen LogP contribution in [0, 0.1) is 0 Å². The Bertz CT molecular complexity index is 750. The molecule has 1 saturated heterocycles. The standard InChI is InChI=1S/C19H26N5O2.Pb/c20-12-15-13-23(9-7-17(15)21)8-1-2-10-26-16-5-3-14-4-6-19(25)24(22)18(14)11-16;/h3,5,11-12H,1-2,4,6-10,13,20,22H2;/q-1;+1/b15-12-;. The fraction of sp³-hybridized carbons (Fsp3) is 0.474. The first-order valence-electron chi connectivity index (χ1n) is 9.32. The van der Waals surface area contributed by atoms with Crippen molar-refractivity contribution in [3.63, 3.8) is 0 Å². The molecule has 0 aliphatic carbocycles. The Morgan fingerprint density at radius 2 is 2.11 bits per heavy atom. The zero-order chi connectivity index (χ0) is 19.2. The minimum absolute atomic E-state index is 0.0503. The second-order valence-corrected chi connectivity index (χ2v) is 7.76. The van der Waals surface area contributed by atoms with Crippen molar-refractivity contribution in [2.45, 2.75) is 32.1 Å². The van der Waals surface area contributed by atoms with Crippen molar-refractivity contribution in [3.05, 3.63) is 35.5 Å². The van der Waals surface area contributed by atoms with Crippen LogP contribution in [-0.4, -0.2) is 68.8 Å². The number of nitrogens with two attached hydrogens (primary N) is 2. The van der Waals surface area contributed by atoms with Crippen LogP contribution in [0.4, 0.5) is 5.69 Å². The first kappa shape index (κ1) is 20.3. The van der Waals surface area contributed by atoms with Crippen LogP contribution in [0.15, 0.2) is 32.8 Å². The molecular weight excluding hydrogens is 537 g/mol. The molecule has 1 aromatic carbocycles. The molecule has 8 heteroatoms. The summed E-state index contributed by atoms with van der Waals surface area (Å²) >= 11 is 0.834. The Labute approximate surface area is 176 Å². The molecule has 27 heavy (non-hydrogen) atoms. The molecule has 1 aromatic rings. The van der Waals surface area contributed by atoms with E-state index in [4.69, 9.17) is 16.3 Å². The van der Waals surface area contributed by atoms with Gasteiger partial charge in [-0.15, -0.1) is 0 Å². The van der Waals surface area contributed by atoms with Gasteiger partial charge in [0.1, 0.15) is 0 Å². The van der Waals surface area contributed by atoms with E-state index in [1.54, 1.807) is 6.20 Å². The summed E-state index contributed by atoms with van der Waals surface area (Å²) in [4.78, 5) is 14.2. The van der Waals surface area contributed by atoms with Crippen molar-refractivity contribution < 1.29 is 9.53 Å². The second kappa shape index (κ2) is 9.65. The van der Waals surface area contributed by atoms with E-state index in [0.29, 0.717) is 13.0 Å². The van der Waals surface area contributed by atoms with Gasteiger partial charge in [0, 0.05) is 6.42 Å². The summed E-state index contributed by atoms with van der Waals surface area (Å²) in [5.41, 5.74) is 9.94. The molecule has 0 unspecified atom stereocenters. The summed E-state index contributed by atoms with van der Waals surface area (Å²) in [6.07, 6.45) is 5.94. The first-order valence-corrected chi connectivity index (χ1v) is 11.1. The van der Waals surface area contributed by atoms with Crippen LogP contribution in [0.25, 0.3) is 0 Å². The summed E-state index contributed by atoms with van der Waals surface area (Å²) in [6, 6.07) is 5.83. The van der Waals surface area contributed by atoms with Gasteiger partial charge >= 0.3 is 125 Å². The van der Waals surface area contributed by atoms with Crippen LogP contribution < -0.4 is 21.3 Å².